The quantitative estimate of drug-likeness (QED) is 0.161. The molecule has 0 bridgehead atoms. The van der Waals surface area contributed by atoms with E-state index in [0.29, 0.717) is 0 Å². The van der Waals surface area contributed by atoms with Crippen molar-refractivity contribution in [2.75, 3.05) is 4.90 Å². The van der Waals surface area contributed by atoms with Gasteiger partial charge in [-0.25, -0.2) is 0 Å². The highest BCUT2D eigenvalue weighted by Crippen LogP contribution is 2.52. The second-order valence-electron chi connectivity index (χ2n) is 16.1. The Morgan fingerprint density at radius 1 is 0.339 bits per heavy atom. The normalized spacial score (nSPS) is 12.7. The largest absolute Gasteiger partial charge is 0.455 e. The first-order valence-corrected chi connectivity index (χ1v) is 20.4. The molecule has 59 heavy (non-hydrogen) atoms. The fourth-order valence-electron chi connectivity index (χ4n) is 9.18. The van der Waals surface area contributed by atoms with Gasteiger partial charge in [-0.3, -0.25) is 0 Å². The Bertz CT molecular complexity index is 3140. The summed E-state index contributed by atoms with van der Waals surface area (Å²) in [7, 11) is 0. The second-order valence-corrected chi connectivity index (χ2v) is 16.1. The van der Waals surface area contributed by atoms with Crippen LogP contribution in [-0.2, 0) is 5.41 Å². The van der Waals surface area contributed by atoms with E-state index in [1.165, 1.54) is 55.6 Å². The van der Waals surface area contributed by atoms with E-state index in [0.717, 1.165) is 50.1 Å². The number of furan rings is 1. The van der Waals surface area contributed by atoms with Crippen molar-refractivity contribution < 1.29 is 4.42 Å². The van der Waals surface area contributed by atoms with Crippen LogP contribution in [0.3, 0.4) is 0 Å². The highest BCUT2D eigenvalue weighted by molar-refractivity contribution is 6.09. The van der Waals surface area contributed by atoms with Gasteiger partial charge in [0.05, 0.1) is 0 Å². The number of benzene rings is 9. The summed E-state index contributed by atoms with van der Waals surface area (Å²) in [6, 6.07) is 76.8. The van der Waals surface area contributed by atoms with Gasteiger partial charge in [0.25, 0.3) is 0 Å². The molecule has 2 heteroatoms. The molecular weight excluding hydrogens is 715 g/mol. The molecule has 1 aliphatic carbocycles. The Hall–Kier alpha value is -7.42. The van der Waals surface area contributed by atoms with Gasteiger partial charge in [-0.15, -0.1) is 0 Å². The Labute approximate surface area is 345 Å². The van der Waals surface area contributed by atoms with E-state index in [4.69, 9.17) is 4.42 Å². The van der Waals surface area contributed by atoms with Crippen LogP contribution in [0.2, 0.25) is 0 Å². The maximum absolute atomic E-state index is 6.43. The Morgan fingerprint density at radius 2 is 0.797 bits per heavy atom. The van der Waals surface area contributed by atoms with E-state index in [1.807, 2.05) is 12.1 Å². The molecule has 0 saturated carbocycles. The molecule has 0 amide bonds. The summed E-state index contributed by atoms with van der Waals surface area (Å²) in [4.78, 5) is 2.39. The topological polar surface area (TPSA) is 16.4 Å². The Morgan fingerprint density at radius 3 is 1.44 bits per heavy atom. The van der Waals surface area contributed by atoms with Gasteiger partial charge in [-0.05, 0) is 110 Å². The SMILES string of the molecule is CC1(C)c2cc(-c3ccc(-c4ccccc4)cc3)ccc2-c2ccc(N(c3ccc(-c4ccccc4)cc3)c3ccc(-c4cccc5c4oc4ccccc45)cc3)cc21. The Balaban J connectivity index is 0.974. The van der Waals surface area contributed by atoms with Gasteiger partial charge in [-0.2, -0.15) is 0 Å². The first-order valence-electron chi connectivity index (χ1n) is 20.4. The fourth-order valence-corrected chi connectivity index (χ4v) is 9.18. The molecular formula is C57H41NO. The van der Waals surface area contributed by atoms with Crippen LogP contribution in [0, 0.1) is 0 Å². The van der Waals surface area contributed by atoms with Crippen molar-refractivity contribution in [2.24, 2.45) is 0 Å². The summed E-state index contributed by atoms with van der Waals surface area (Å²) in [6.45, 7) is 4.74. The molecule has 0 atom stereocenters. The molecule has 1 aromatic heterocycles. The van der Waals surface area contributed by atoms with Crippen LogP contribution in [0.1, 0.15) is 25.0 Å². The van der Waals surface area contributed by atoms with Gasteiger partial charge in [-0.1, -0.05) is 178 Å². The van der Waals surface area contributed by atoms with Gasteiger partial charge in [0.15, 0.2) is 0 Å². The molecule has 0 N–H and O–H groups in total. The molecule has 1 heterocycles. The van der Waals surface area contributed by atoms with Crippen molar-refractivity contribution in [3.63, 3.8) is 0 Å². The lowest BCUT2D eigenvalue weighted by Crippen LogP contribution is -2.16. The molecule has 0 saturated heterocycles. The minimum atomic E-state index is -0.196. The highest BCUT2D eigenvalue weighted by atomic mass is 16.3. The zero-order valence-electron chi connectivity index (χ0n) is 33.1. The van der Waals surface area contributed by atoms with E-state index >= 15 is 0 Å². The molecule has 11 rings (SSSR count). The van der Waals surface area contributed by atoms with E-state index in [2.05, 4.69) is 219 Å². The number of fused-ring (bicyclic) bond motifs is 6. The molecule has 9 aromatic carbocycles. The van der Waals surface area contributed by atoms with Crippen LogP contribution in [0.25, 0.3) is 77.6 Å². The monoisotopic (exact) mass is 755 g/mol. The average Bonchev–Trinajstić information content (AvgIpc) is 3.79. The fraction of sp³-hybridized carbons (Fsp3) is 0.0526. The summed E-state index contributed by atoms with van der Waals surface area (Å²) in [5, 5.41) is 2.28. The summed E-state index contributed by atoms with van der Waals surface area (Å²) >= 11 is 0. The summed E-state index contributed by atoms with van der Waals surface area (Å²) in [5.74, 6) is 0. The average molecular weight is 756 g/mol. The van der Waals surface area contributed by atoms with Gasteiger partial charge in [0.1, 0.15) is 11.2 Å². The van der Waals surface area contributed by atoms with Crippen molar-refractivity contribution in [3.05, 3.63) is 223 Å². The van der Waals surface area contributed by atoms with Crippen LogP contribution >= 0.6 is 0 Å². The number of hydrogen-bond donors (Lipinski definition) is 0. The molecule has 0 aliphatic heterocycles. The van der Waals surface area contributed by atoms with E-state index in [-0.39, 0.29) is 5.41 Å². The third kappa shape index (κ3) is 5.96. The first-order chi connectivity index (χ1) is 29.0. The smallest absolute Gasteiger partial charge is 0.143 e. The number of anilines is 3. The minimum absolute atomic E-state index is 0.196. The van der Waals surface area contributed by atoms with Crippen molar-refractivity contribution in [1.82, 2.24) is 0 Å². The summed E-state index contributed by atoms with van der Waals surface area (Å²) < 4.78 is 6.43. The molecule has 0 unspecified atom stereocenters. The van der Waals surface area contributed by atoms with Crippen LogP contribution in [0.5, 0.6) is 0 Å². The zero-order valence-corrected chi connectivity index (χ0v) is 33.1. The molecule has 280 valence electrons. The molecule has 0 spiro atoms. The lowest BCUT2D eigenvalue weighted by molar-refractivity contribution is 0.660. The Kier molecular flexibility index (Phi) is 8.20. The van der Waals surface area contributed by atoms with Crippen LogP contribution in [0.15, 0.2) is 217 Å². The van der Waals surface area contributed by atoms with Gasteiger partial charge in [0.2, 0.25) is 0 Å². The summed E-state index contributed by atoms with van der Waals surface area (Å²) in [5.41, 5.74) is 19.8. The van der Waals surface area contributed by atoms with Crippen LogP contribution in [0.4, 0.5) is 17.1 Å². The van der Waals surface area contributed by atoms with E-state index < -0.39 is 0 Å². The van der Waals surface area contributed by atoms with Gasteiger partial charge >= 0.3 is 0 Å². The standard InChI is InChI=1S/C57H41NO/c1-57(2)53-36-44(42-22-20-40(21-23-42)38-12-5-3-6-13-38)28-34-49(53)50-35-33-47(37-54(50)57)58(45-29-24-41(25-30-45)39-14-7-4-8-15-39)46-31-26-43(27-32-46)48-17-11-18-52-51-16-9-10-19-55(51)59-56(48)52/h3-37H,1-2H3. The maximum atomic E-state index is 6.43. The second kappa shape index (κ2) is 13.9. The van der Waals surface area contributed by atoms with E-state index in [1.54, 1.807) is 0 Å². The van der Waals surface area contributed by atoms with Crippen LogP contribution in [-0.4, -0.2) is 0 Å². The van der Waals surface area contributed by atoms with Crippen molar-refractivity contribution in [1.29, 1.82) is 0 Å². The molecule has 0 radical (unpaired) electrons. The number of para-hydroxylation sites is 2. The number of hydrogen-bond acceptors (Lipinski definition) is 2. The van der Waals surface area contributed by atoms with Gasteiger partial charge < -0.3 is 9.32 Å². The minimum Gasteiger partial charge on any atom is -0.455 e. The predicted molar refractivity (Wildman–Crippen MR) is 248 cm³/mol. The molecule has 2 nitrogen and oxygen atoms in total. The van der Waals surface area contributed by atoms with Crippen molar-refractivity contribution in [3.8, 4) is 55.6 Å². The number of nitrogens with zero attached hydrogens (tertiary/aromatic N) is 1. The first kappa shape index (κ1) is 34.8. The number of rotatable bonds is 7. The lowest BCUT2D eigenvalue weighted by Gasteiger charge is -2.28. The zero-order chi connectivity index (χ0) is 39.5. The van der Waals surface area contributed by atoms with Gasteiger partial charge in [0, 0.05) is 38.8 Å². The molecule has 1 aliphatic rings. The molecule has 10 aromatic rings. The van der Waals surface area contributed by atoms with E-state index in [9.17, 15) is 0 Å². The third-order valence-electron chi connectivity index (χ3n) is 12.3. The third-order valence-corrected chi connectivity index (χ3v) is 12.3. The maximum Gasteiger partial charge on any atom is 0.143 e. The van der Waals surface area contributed by atoms with Crippen LogP contribution < -0.4 is 4.90 Å². The predicted octanol–water partition coefficient (Wildman–Crippen LogP) is 16.0. The highest BCUT2D eigenvalue weighted by Gasteiger charge is 2.36. The summed E-state index contributed by atoms with van der Waals surface area (Å²) in [6.07, 6.45) is 0. The lowest BCUT2D eigenvalue weighted by atomic mass is 9.81. The van der Waals surface area contributed by atoms with Crippen molar-refractivity contribution in [2.45, 2.75) is 19.3 Å². The molecule has 0 fully saturated rings. The van der Waals surface area contributed by atoms with Crippen molar-refractivity contribution >= 4 is 39.0 Å².